The number of aromatic carboxylic acids is 1. The van der Waals surface area contributed by atoms with Crippen molar-refractivity contribution in [3.63, 3.8) is 0 Å². The van der Waals surface area contributed by atoms with Crippen LogP contribution in [0, 0.1) is 11.6 Å². The Morgan fingerprint density at radius 2 is 2.00 bits per heavy atom. The molecule has 5 heteroatoms. The normalized spacial score (nSPS) is 10.4. The first-order valence-electron chi connectivity index (χ1n) is 4.35. The fourth-order valence-electron chi connectivity index (χ4n) is 1.28. The van der Waals surface area contributed by atoms with E-state index in [1.807, 2.05) is 0 Å². The van der Waals surface area contributed by atoms with Crippen molar-refractivity contribution in [1.29, 1.82) is 0 Å². The molecular weight excluding hydrogens is 218 g/mol. The lowest BCUT2D eigenvalue weighted by molar-refractivity contribution is 0.0696. The lowest BCUT2D eigenvalue weighted by Gasteiger charge is -1.98. The van der Waals surface area contributed by atoms with Gasteiger partial charge in [0.25, 0.3) is 0 Å². The number of carboxylic acid groups (broad SMARTS) is 1. The smallest absolute Gasteiger partial charge is 0.338 e. The molecule has 0 aliphatic carbocycles. The maximum absolute atomic E-state index is 13.3. The SMILES string of the molecule is O=C(O)c1coc(-c2ccc(F)cc2F)c1. The highest BCUT2D eigenvalue weighted by Gasteiger charge is 2.13. The number of carboxylic acids is 1. The van der Waals surface area contributed by atoms with Gasteiger partial charge in [0.15, 0.2) is 0 Å². The molecule has 0 radical (unpaired) electrons. The maximum atomic E-state index is 13.3. The minimum atomic E-state index is -1.17. The van der Waals surface area contributed by atoms with Gasteiger partial charge in [-0.15, -0.1) is 0 Å². The molecule has 1 N–H and O–H groups in total. The van der Waals surface area contributed by atoms with Crippen molar-refractivity contribution in [2.24, 2.45) is 0 Å². The van der Waals surface area contributed by atoms with Gasteiger partial charge >= 0.3 is 5.97 Å². The average molecular weight is 224 g/mol. The van der Waals surface area contributed by atoms with Crippen molar-refractivity contribution in [2.75, 3.05) is 0 Å². The Labute approximate surface area is 88.9 Å². The minimum absolute atomic E-state index is 0.0221. The first kappa shape index (κ1) is 10.4. The first-order chi connectivity index (χ1) is 7.58. The van der Waals surface area contributed by atoms with E-state index in [1.54, 1.807) is 0 Å². The molecule has 0 saturated heterocycles. The van der Waals surface area contributed by atoms with Crippen LogP contribution in [0.3, 0.4) is 0 Å². The molecule has 0 amide bonds. The van der Waals surface area contributed by atoms with Gasteiger partial charge in [0.1, 0.15) is 23.7 Å². The number of hydrogen-bond acceptors (Lipinski definition) is 2. The second-order valence-electron chi connectivity index (χ2n) is 3.13. The second-order valence-corrected chi connectivity index (χ2v) is 3.13. The first-order valence-corrected chi connectivity index (χ1v) is 4.35. The third kappa shape index (κ3) is 1.79. The monoisotopic (exact) mass is 224 g/mol. The largest absolute Gasteiger partial charge is 0.478 e. The number of hydrogen-bond donors (Lipinski definition) is 1. The zero-order chi connectivity index (χ0) is 11.7. The molecule has 1 aromatic heterocycles. The Morgan fingerprint density at radius 3 is 2.56 bits per heavy atom. The predicted octanol–water partition coefficient (Wildman–Crippen LogP) is 2.92. The highest BCUT2D eigenvalue weighted by molar-refractivity contribution is 5.88. The van der Waals surface area contributed by atoms with Crippen LogP contribution >= 0.6 is 0 Å². The summed E-state index contributed by atoms with van der Waals surface area (Å²) in [6.45, 7) is 0. The summed E-state index contributed by atoms with van der Waals surface area (Å²) in [6, 6.07) is 4.15. The molecule has 0 unspecified atom stereocenters. The molecule has 2 aromatic rings. The molecule has 1 aromatic carbocycles. The number of carbonyl (C=O) groups is 1. The van der Waals surface area contributed by atoms with Crippen molar-refractivity contribution < 1.29 is 23.1 Å². The molecule has 0 atom stereocenters. The Hall–Kier alpha value is -2.17. The lowest BCUT2D eigenvalue weighted by atomic mass is 10.1. The topological polar surface area (TPSA) is 50.4 Å². The van der Waals surface area contributed by atoms with Gasteiger partial charge in [-0.3, -0.25) is 0 Å². The fraction of sp³-hybridized carbons (Fsp3) is 0. The van der Waals surface area contributed by atoms with Gasteiger partial charge in [0.2, 0.25) is 0 Å². The molecule has 1 heterocycles. The van der Waals surface area contributed by atoms with E-state index in [0.717, 1.165) is 12.3 Å². The van der Waals surface area contributed by atoms with Gasteiger partial charge in [0.05, 0.1) is 11.1 Å². The van der Waals surface area contributed by atoms with Crippen LogP contribution in [0.15, 0.2) is 34.9 Å². The van der Waals surface area contributed by atoms with E-state index in [2.05, 4.69) is 0 Å². The van der Waals surface area contributed by atoms with Gasteiger partial charge < -0.3 is 9.52 Å². The highest BCUT2D eigenvalue weighted by atomic mass is 19.1. The van der Waals surface area contributed by atoms with Crippen LogP contribution in [-0.2, 0) is 0 Å². The number of furan rings is 1. The molecule has 82 valence electrons. The summed E-state index contributed by atoms with van der Waals surface area (Å²) in [5, 5.41) is 8.64. The number of benzene rings is 1. The maximum Gasteiger partial charge on any atom is 0.338 e. The Kier molecular flexibility index (Phi) is 2.44. The van der Waals surface area contributed by atoms with Gasteiger partial charge in [-0.25, -0.2) is 13.6 Å². The summed E-state index contributed by atoms with van der Waals surface area (Å²) < 4.78 is 30.8. The Morgan fingerprint density at radius 1 is 1.25 bits per heavy atom. The quantitative estimate of drug-likeness (QED) is 0.853. The molecular formula is C11H6F2O3. The standard InChI is InChI=1S/C11H6F2O3/c12-7-1-2-8(9(13)4-7)10-3-6(5-16-10)11(14)15/h1-5H,(H,14,15). The van der Waals surface area contributed by atoms with Crippen molar-refractivity contribution in [3.05, 3.63) is 47.7 Å². The predicted molar refractivity (Wildman–Crippen MR) is 51.0 cm³/mol. The van der Waals surface area contributed by atoms with Crippen LogP contribution in [0.1, 0.15) is 10.4 Å². The number of rotatable bonds is 2. The van der Waals surface area contributed by atoms with Crippen LogP contribution in [0.25, 0.3) is 11.3 Å². The number of halogens is 2. The van der Waals surface area contributed by atoms with Crippen LogP contribution in [0.2, 0.25) is 0 Å². The molecule has 2 rings (SSSR count). The third-order valence-corrected chi connectivity index (χ3v) is 2.04. The van der Waals surface area contributed by atoms with Crippen molar-refractivity contribution in [3.8, 4) is 11.3 Å². The average Bonchev–Trinajstić information content (AvgIpc) is 2.66. The Balaban J connectivity index is 2.46. The summed E-state index contributed by atoms with van der Waals surface area (Å²) in [5.74, 6) is -2.62. The molecule has 3 nitrogen and oxygen atoms in total. The summed E-state index contributed by atoms with van der Waals surface area (Å²) >= 11 is 0. The Bertz CT molecular complexity index is 546. The van der Waals surface area contributed by atoms with E-state index in [1.165, 1.54) is 12.1 Å². The highest BCUT2D eigenvalue weighted by Crippen LogP contribution is 2.25. The molecule has 0 bridgehead atoms. The fourth-order valence-corrected chi connectivity index (χ4v) is 1.28. The molecule has 0 aliphatic rings. The zero-order valence-corrected chi connectivity index (χ0v) is 7.91. The summed E-state index contributed by atoms with van der Waals surface area (Å²) in [6.07, 6.45) is 1.00. The van der Waals surface area contributed by atoms with E-state index >= 15 is 0 Å². The summed E-state index contributed by atoms with van der Waals surface area (Å²) in [4.78, 5) is 10.6. The zero-order valence-electron chi connectivity index (χ0n) is 7.91. The van der Waals surface area contributed by atoms with Crippen LogP contribution < -0.4 is 0 Å². The molecule has 0 saturated carbocycles. The van der Waals surface area contributed by atoms with Crippen molar-refractivity contribution in [2.45, 2.75) is 0 Å². The molecule has 0 fully saturated rings. The minimum Gasteiger partial charge on any atom is -0.478 e. The molecule has 0 aliphatic heterocycles. The van der Waals surface area contributed by atoms with Crippen molar-refractivity contribution in [1.82, 2.24) is 0 Å². The van der Waals surface area contributed by atoms with Crippen LogP contribution in [-0.4, -0.2) is 11.1 Å². The van der Waals surface area contributed by atoms with Crippen LogP contribution in [0.5, 0.6) is 0 Å². The lowest BCUT2D eigenvalue weighted by Crippen LogP contribution is -1.91. The molecule has 16 heavy (non-hydrogen) atoms. The summed E-state index contributed by atoms with van der Waals surface area (Å²) in [5.41, 5.74) is -0.0624. The van der Waals surface area contributed by atoms with Crippen molar-refractivity contribution >= 4 is 5.97 Å². The molecule has 0 spiro atoms. The van der Waals surface area contributed by atoms with E-state index in [4.69, 9.17) is 9.52 Å². The van der Waals surface area contributed by atoms with E-state index < -0.39 is 17.6 Å². The van der Waals surface area contributed by atoms with Gasteiger partial charge in [-0.1, -0.05) is 0 Å². The second kappa shape index (κ2) is 3.77. The van der Waals surface area contributed by atoms with Crippen LogP contribution in [0.4, 0.5) is 8.78 Å². The van der Waals surface area contributed by atoms with E-state index in [9.17, 15) is 13.6 Å². The van der Waals surface area contributed by atoms with Gasteiger partial charge in [-0.2, -0.15) is 0 Å². The van der Waals surface area contributed by atoms with Gasteiger partial charge in [0, 0.05) is 6.07 Å². The summed E-state index contributed by atoms with van der Waals surface area (Å²) in [7, 11) is 0. The van der Waals surface area contributed by atoms with E-state index in [-0.39, 0.29) is 16.9 Å². The third-order valence-electron chi connectivity index (χ3n) is 2.04. The van der Waals surface area contributed by atoms with E-state index in [0.29, 0.717) is 6.07 Å². The van der Waals surface area contributed by atoms with Gasteiger partial charge in [-0.05, 0) is 18.2 Å².